The van der Waals surface area contributed by atoms with Crippen LogP contribution in [-0.4, -0.2) is 119 Å². The molecule has 0 aliphatic carbocycles. The van der Waals surface area contributed by atoms with Crippen molar-refractivity contribution in [3.8, 4) is 34.4 Å². The van der Waals surface area contributed by atoms with Crippen molar-refractivity contribution in [1.82, 2.24) is 30.8 Å². The number of hydroxylamine groups is 2. The maximum Gasteiger partial charge on any atom is 0.432 e. The van der Waals surface area contributed by atoms with Gasteiger partial charge in [0.15, 0.2) is 0 Å². The molecular weight excluding hydrogens is 951 g/mol. The second kappa shape index (κ2) is 33.3. The third kappa shape index (κ3) is 24.0. The lowest BCUT2D eigenvalue weighted by atomic mass is 10.2. The first-order valence-electron chi connectivity index (χ1n) is 21.8. The largest absolute Gasteiger partial charge is 0.494 e. The molecule has 23 nitrogen and oxygen atoms in total. The molecule has 0 spiro atoms. The topological polar surface area (TPSA) is 315 Å². The monoisotopic (exact) mass is 1010 g/mol. The van der Waals surface area contributed by atoms with Crippen LogP contribution in [0.25, 0.3) is 33.4 Å². The summed E-state index contributed by atoms with van der Waals surface area (Å²) in [6.07, 6.45) is 10.1. The van der Waals surface area contributed by atoms with Crippen LogP contribution in [0, 0.1) is 0 Å². The quantitative estimate of drug-likeness (QED) is 0.0147. The highest BCUT2D eigenvalue weighted by molar-refractivity contribution is 7.90. The summed E-state index contributed by atoms with van der Waals surface area (Å²) in [4.78, 5) is 51.6. The molecule has 0 unspecified atom stereocenters. The number of ether oxygens (including phenoxy) is 3. The molecule has 0 saturated carbocycles. The number of hydrogen-bond donors (Lipinski definition) is 2. The molecule has 26 heteroatoms. The van der Waals surface area contributed by atoms with Crippen LogP contribution in [-0.2, 0) is 43.6 Å². The third-order valence-corrected chi connectivity index (χ3v) is 9.87. The van der Waals surface area contributed by atoms with Crippen LogP contribution in [0.3, 0.4) is 0 Å². The number of rotatable bonds is 22. The van der Waals surface area contributed by atoms with Gasteiger partial charge in [-0.15, -0.1) is 15.3 Å². The lowest BCUT2D eigenvalue weighted by molar-refractivity contribution is -0.171. The summed E-state index contributed by atoms with van der Waals surface area (Å²) in [5, 5.41) is 20.2. The molecule has 3 amide bonds. The van der Waals surface area contributed by atoms with Crippen molar-refractivity contribution >= 4 is 56.1 Å². The Hall–Kier alpha value is -6.24. The van der Waals surface area contributed by atoms with Gasteiger partial charge in [0.1, 0.15) is 12.6 Å². The number of imide groups is 1. The number of esters is 1. The lowest BCUT2D eigenvalue weighted by Gasteiger charge is -2.13. The van der Waals surface area contributed by atoms with Crippen molar-refractivity contribution < 1.29 is 63.9 Å². The summed E-state index contributed by atoms with van der Waals surface area (Å²) < 4.78 is 77.6. The number of unbranched alkanes of at least 4 members (excludes halogenated alkanes) is 6. The van der Waals surface area contributed by atoms with Gasteiger partial charge in [-0.2, -0.15) is 12.5 Å². The number of carbonyl (C=O) groups excluding carboxylic acids is 4. The summed E-state index contributed by atoms with van der Waals surface area (Å²) >= 11 is 1.000. The highest BCUT2D eigenvalue weighted by Gasteiger charge is 2.32. The molecule has 1 fully saturated rings. The van der Waals surface area contributed by atoms with Crippen molar-refractivity contribution in [3.63, 3.8) is 0 Å². The van der Waals surface area contributed by atoms with Crippen molar-refractivity contribution in [2.24, 2.45) is 5.11 Å². The van der Waals surface area contributed by atoms with Crippen LogP contribution in [0.4, 0.5) is 4.79 Å². The zero-order valence-corrected chi connectivity index (χ0v) is 41.7. The second-order valence-corrected chi connectivity index (χ2v) is 17.4. The van der Waals surface area contributed by atoms with E-state index < -0.39 is 48.0 Å². The maximum atomic E-state index is 11.6. The van der Waals surface area contributed by atoms with Crippen LogP contribution in [0.5, 0.6) is 11.5 Å². The van der Waals surface area contributed by atoms with Crippen LogP contribution in [0.15, 0.2) is 72.9 Å². The number of nitrogens with one attached hydrogen (secondary N) is 1. The minimum Gasteiger partial charge on any atom is -0.494 e. The first kappa shape index (κ1) is 57.9. The van der Waals surface area contributed by atoms with Crippen LogP contribution >= 0.6 is 12.5 Å². The number of thiol groups is 1. The molecule has 3 heterocycles. The van der Waals surface area contributed by atoms with Crippen LogP contribution < -0.4 is 14.8 Å². The average Bonchev–Trinajstić information content (AvgIpc) is 4.09. The number of aromatic nitrogens is 4. The van der Waals surface area contributed by atoms with E-state index in [1.807, 2.05) is 13.8 Å². The van der Waals surface area contributed by atoms with Crippen LogP contribution in [0.1, 0.15) is 91.9 Å². The first-order chi connectivity index (χ1) is 32.9. The van der Waals surface area contributed by atoms with E-state index in [4.69, 9.17) is 29.8 Å². The number of azide groups is 1. The molecule has 1 aliphatic heterocycles. The fourth-order valence-electron chi connectivity index (χ4n) is 5.15. The summed E-state index contributed by atoms with van der Waals surface area (Å²) in [6.45, 7) is 9.66. The fourth-order valence-corrected chi connectivity index (χ4v) is 5.99. The zero-order valence-electron chi connectivity index (χ0n) is 40.2. The van der Waals surface area contributed by atoms with Gasteiger partial charge in [-0.1, -0.05) is 54.8 Å². The number of carbonyl (C=O) groups is 4. The molecule has 376 valence electrons. The SMILES string of the molecule is CC.CCOC(C)=O.CS(=O)(=O)c1nnc(-c2ccc(OCCCCCCN=[N+]=[N-])cc2)o1.CS(=O)(=O)c1nnc(-c2ccc(OCCCCCCNC(=O)ON3C(=O)CCC3=O)cc2)o1.[2H]SC. The van der Waals surface area contributed by atoms with E-state index in [1.54, 1.807) is 61.7 Å². The van der Waals surface area contributed by atoms with E-state index in [1.165, 1.54) is 6.92 Å². The number of hydrogen-bond acceptors (Lipinski definition) is 20. The van der Waals surface area contributed by atoms with E-state index in [2.05, 4.69) is 40.5 Å². The van der Waals surface area contributed by atoms with Gasteiger partial charge in [0.2, 0.25) is 31.5 Å². The van der Waals surface area contributed by atoms with E-state index in [0.29, 0.717) is 67.0 Å². The van der Waals surface area contributed by atoms with E-state index >= 15 is 0 Å². The number of benzene rings is 2. The van der Waals surface area contributed by atoms with Gasteiger partial charge in [0, 0.05) is 61.4 Å². The zero-order chi connectivity index (χ0) is 51.7. The Balaban J connectivity index is 0.000000582. The number of amides is 3. The Morgan fingerprint density at radius 2 is 1.21 bits per heavy atom. The standard InChI is InChI=1S/C20H24N4O8S.C15H19N5O4S.C4H8O2.C2H6.CH4S/c1-33(28,29)20-23-22-18(31-20)14-6-8-15(9-7-14)30-13-5-3-2-4-12-21-19(27)32-24-16(25)10-11-17(24)26;1-25(21,22)15-19-18-14(24-15)12-6-8-13(9-7-12)23-11-5-3-2-4-10-17-20-16;1-3-6-4(2)5;2*1-2/h6-9H,2-5,10-13H2,1H3,(H,21,27);6-9H,2-5,10-11H2,1H3;3H2,1-2H3;1-2H3;2H,1H3/i/hD. The molecule has 0 bridgehead atoms. The Morgan fingerprint density at radius 1 is 0.779 bits per heavy atom. The van der Waals surface area contributed by atoms with E-state index in [-0.39, 0.29) is 30.6 Å². The van der Waals surface area contributed by atoms with Crippen LogP contribution in [0.2, 0.25) is 0 Å². The Bertz CT molecular complexity index is 2400. The van der Waals surface area contributed by atoms with Gasteiger partial charge in [0.05, 0.1) is 19.8 Å². The molecule has 2 aromatic carbocycles. The van der Waals surface area contributed by atoms with Gasteiger partial charge in [-0.3, -0.25) is 14.4 Å². The normalized spacial score (nSPS) is 11.9. The summed E-state index contributed by atoms with van der Waals surface area (Å²) in [7, 11) is -7.06. The molecule has 0 radical (unpaired) electrons. The van der Waals surface area contributed by atoms with Gasteiger partial charge in [0.25, 0.3) is 11.8 Å². The molecule has 4 aromatic rings. The molecule has 1 aliphatic rings. The van der Waals surface area contributed by atoms with E-state index in [9.17, 15) is 36.0 Å². The molecule has 1 saturated heterocycles. The third-order valence-electron chi connectivity index (χ3n) is 8.27. The predicted octanol–water partition coefficient (Wildman–Crippen LogP) is 7.40. The van der Waals surface area contributed by atoms with E-state index in [0.717, 1.165) is 70.0 Å². The molecule has 5 rings (SSSR count). The minimum absolute atomic E-state index is 0.0587. The van der Waals surface area contributed by atoms with Gasteiger partial charge < -0.3 is 33.2 Å². The van der Waals surface area contributed by atoms with Crippen molar-refractivity contribution in [2.45, 2.75) is 102 Å². The average molecular weight is 1010 g/mol. The second-order valence-electron chi connectivity index (χ2n) is 13.6. The fraction of sp³-hybridized carbons (Fsp3) is 0.524. The molecule has 0 atom stereocenters. The Morgan fingerprint density at radius 3 is 1.57 bits per heavy atom. The molecule has 1 N–H and O–H groups in total. The predicted molar refractivity (Wildman–Crippen MR) is 252 cm³/mol. The maximum absolute atomic E-state index is 11.6. The molecule has 2 aromatic heterocycles. The summed E-state index contributed by atoms with van der Waals surface area (Å²) in [6, 6.07) is 13.8. The summed E-state index contributed by atoms with van der Waals surface area (Å²) in [5.41, 5.74) is 9.36. The molecular formula is C42H61N9O14S3. The Labute approximate surface area is 403 Å². The summed E-state index contributed by atoms with van der Waals surface area (Å²) in [5.74, 6) is 0.376. The lowest BCUT2D eigenvalue weighted by Crippen LogP contribution is -2.37. The van der Waals surface area contributed by atoms with Gasteiger partial charge in [-0.05, 0) is 92.9 Å². The highest BCUT2D eigenvalue weighted by Crippen LogP contribution is 2.24. The van der Waals surface area contributed by atoms with Crippen molar-refractivity contribution in [1.29, 1.82) is 1.12 Å². The number of nitrogens with zero attached hydrogens (tertiary/aromatic N) is 8. The Kier molecular flexibility index (Phi) is 28.3. The first-order valence-corrected chi connectivity index (χ1v) is 26.0. The van der Waals surface area contributed by atoms with Gasteiger partial charge >= 0.3 is 22.5 Å². The molecule has 68 heavy (non-hydrogen) atoms. The minimum atomic E-state index is -3.55. The highest BCUT2D eigenvalue weighted by atomic mass is 32.2. The van der Waals surface area contributed by atoms with Crippen molar-refractivity contribution in [2.75, 3.05) is 51.7 Å². The van der Waals surface area contributed by atoms with Crippen molar-refractivity contribution in [3.05, 3.63) is 59.0 Å². The smallest absolute Gasteiger partial charge is 0.432 e. The number of sulfone groups is 2. The van der Waals surface area contributed by atoms with Gasteiger partial charge in [-0.25, -0.2) is 21.6 Å².